The van der Waals surface area contributed by atoms with Gasteiger partial charge in [-0.05, 0) is 18.9 Å². The van der Waals surface area contributed by atoms with E-state index in [1.807, 2.05) is 30.3 Å². The van der Waals surface area contributed by atoms with Crippen molar-refractivity contribution in [2.45, 2.75) is 31.8 Å². The van der Waals surface area contributed by atoms with Crippen LogP contribution in [0.4, 0.5) is 20.2 Å². The highest BCUT2D eigenvalue weighted by molar-refractivity contribution is 5.99. The average Bonchev–Trinajstić information content (AvgIpc) is 3.49. The molecule has 150 valence electrons. The van der Waals surface area contributed by atoms with E-state index in [1.165, 1.54) is 4.57 Å². The molecule has 4 rings (SSSR count). The molecule has 8 heteroatoms. The van der Waals surface area contributed by atoms with Gasteiger partial charge in [0.05, 0.1) is 16.6 Å². The van der Waals surface area contributed by atoms with Crippen molar-refractivity contribution in [1.82, 2.24) is 4.57 Å². The summed E-state index contributed by atoms with van der Waals surface area (Å²) >= 11 is 0. The zero-order valence-corrected chi connectivity index (χ0v) is 15.6. The molecule has 1 saturated carbocycles. The van der Waals surface area contributed by atoms with Crippen molar-refractivity contribution in [2.24, 2.45) is 0 Å². The molecule has 0 aliphatic heterocycles. The van der Waals surface area contributed by atoms with Crippen LogP contribution in [0.15, 0.2) is 41.3 Å². The van der Waals surface area contributed by atoms with E-state index in [0.717, 1.165) is 11.8 Å². The van der Waals surface area contributed by atoms with Crippen LogP contribution in [0.3, 0.4) is 0 Å². The fourth-order valence-corrected chi connectivity index (χ4v) is 3.75. The third-order valence-corrected chi connectivity index (χ3v) is 5.35. The molecule has 0 amide bonds. The topological polar surface area (TPSA) is 97.4 Å². The predicted octanol–water partition coefficient (Wildman–Crippen LogP) is 3.55. The van der Waals surface area contributed by atoms with Gasteiger partial charge in [-0.1, -0.05) is 30.3 Å². The second kappa shape index (κ2) is 6.88. The van der Waals surface area contributed by atoms with Crippen molar-refractivity contribution >= 4 is 28.2 Å². The summed E-state index contributed by atoms with van der Waals surface area (Å²) < 4.78 is 31.5. The van der Waals surface area contributed by atoms with Crippen molar-refractivity contribution in [3.8, 4) is 0 Å². The average molecular weight is 399 g/mol. The number of carboxylic acid groups (broad SMARTS) is 1. The third-order valence-electron chi connectivity index (χ3n) is 5.35. The second-order valence-corrected chi connectivity index (χ2v) is 7.11. The Labute approximate surface area is 164 Å². The number of fused-ring (bicyclic) bond motifs is 1. The monoisotopic (exact) mass is 399 g/mol. The molecule has 1 heterocycles. The fraction of sp³-hybridized carbons (Fsp3) is 0.238. The van der Waals surface area contributed by atoms with Crippen molar-refractivity contribution < 1.29 is 18.7 Å². The Morgan fingerprint density at radius 3 is 2.59 bits per heavy atom. The van der Waals surface area contributed by atoms with Crippen LogP contribution < -0.4 is 16.5 Å². The van der Waals surface area contributed by atoms with Gasteiger partial charge in [0.2, 0.25) is 5.43 Å². The molecular formula is C21H19F2N3O3. The zero-order valence-electron chi connectivity index (χ0n) is 15.6. The number of hydrogen-bond donors (Lipinski definition) is 3. The van der Waals surface area contributed by atoms with E-state index in [1.54, 1.807) is 6.92 Å². The summed E-state index contributed by atoms with van der Waals surface area (Å²) in [6, 6.07) is 9.44. The van der Waals surface area contributed by atoms with Gasteiger partial charge >= 0.3 is 5.97 Å². The van der Waals surface area contributed by atoms with E-state index < -0.39 is 45.4 Å². The summed E-state index contributed by atoms with van der Waals surface area (Å²) in [5, 5.41) is 11.7. The van der Waals surface area contributed by atoms with Crippen LogP contribution in [0.25, 0.3) is 10.9 Å². The molecule has 6 nitrogen and oxygen atoms in total. The molecule has 1 aliphatic carbocycles. The minimum atomic E-state index is -1.48. The summed E-state index contributed by atoms with van der Waals surface area (Å²) in [7, 11) is 0. The highest BCUT2D eigenvalue weighted by atomic mass is 19.1. The maximum absolute atomic E-state index is 15.3. The van der Waals surface area contributed by atoms with Gasteiger partial charge in [-0.2, -0.15) is 0 Å². The number of carboxylic acids is 1. The minimum absolute atomic E-state index is 0.120. The molecule has 0 spiro atoms. The van der Waals surface area contributed by atoms with Crippen LogP contribution in [0.1, 0.15) is 35.2 Å². The molecule has 4 N–H and O–H groups in total. The Morgan fingerprint density at radius 1 is 1.28 bits per heavy atom. The standard InChI is InChI=1S/C21H19F2N3O3/c1-2-26-9-12(21(28)29)20(27)14-17(24)15(22)18(16(23)19(14)26)25-13-8-11(13)10-6-4-3-5-7-10/h3-7,9,11,13,25H,2,8,24H2,1H3,(H,28,29). The number of hydrogen-bond acceptors (Lipinski definition) is 4. The molecule has 3 aromatic rings. The van der Waals surface area contributed by atoms with Gasteiger partial charge in [-0.25, -0.2) is 13.6 Å². The summed E-state index contributed by atoms with van der Waals surface area (Å²) in [5.41, 5.74) is 4.14. The molecule has 0 radical (unpaired) electrons. The lowest BCUT2D eigenvalue weighted by atomic mass is 10.1. The first kappa shape index (κ1) is 18.9. The molecule has 1 aromatic heterocycles. The maximum atomic E-state index is 15.3. The predicted molar refractivity (Wildman–Crippen MR) is 106 cm³/mol. The van der Waals surface area contributed by atoms with Crippen LogP contribution in [0, 0.1) is 11.6 Å². The third kappa shape index (κ3) is 3.00. The number of aryl methyl sites for hydroxylation is 1. The van der Waals surface area contributed by atoms with E-state index in [-0.39, 0.29) is 24.0 Å². The molecule has 1 fully saturated rings. The highest BCUT2D eigenvalue weighted by Crippen LogP contribution is 2.44. The molecule has 0 bridgehead atoms. The smallest absolute Gasteiger partial charge is 0.341 e. The Bertz CT molecular complexity index is 1190. The van der Waals surface area contributed by atoms with Gasteiger partial charge < -0.3 is 20.7 Å². The van der Waals surface area contributed by atoms with Gasteiger partial charge in [0, 0.05) is 24.7 Å². The lowest BCUT2D eigenvalue weighted by Crippen LogP contribution is -2.22. The van der Waals surface area contributed by atoms with Crippen LogP contribution in [0.5, 0.6) is 0 Å². The Kier molecular flexibility index (Phi) is 4.49. The van der Waals surface area contributed by atoms with E-state index in [9.17, 15) is 19.1 Å². The lowest BCUT2D eigenvalue weighted by molar-refractivity contribution is 0.0695. The van der Waals surface area contributed by atoms with Gasteiger partial charge in [0.25, 0.3) is 0 Å². The van der Waals surface area contributed by atoms with Gasteiger partial charge in [-0.15, -0.1) is 0 Å². The Morgan fingerprint density at radius 2 is 1.97 bits per heavy atom. The first-order valence-corrected chi connectivity index (χ1v) is 9.23. The highest BCUT2D eigenvalue weighted by Gasteiger charge is 2.40. The molecule has 29 heavy (non-hydrogen) atoms. The van der Waals surface area contributed by atoms with E-state index in [2.05, 4.69) is 5.32 Å². The molecule has 2 atom stereocenters. The number of nitrogens with two attached hydrogens (primary N) is 1. The summed E-state index contributed by atoms with van der Waals surface area (Å²) in [6.45, 7) is 1.84. The number of nitrogens with zero attached hydrogens (tertiary/aromatic N) is 1. The summed E-state index contributed by atoms with van der Waals surface area (Å²) in [5.74, 6) is -3.41. The van der Waals surface area contributed by atoms with Crippen molar-refractivity contribution in [2.75, 3.05) is 11.1 Å². The Hall–Kier alpha value is -3.42. The van der Waals surface area contributed by atoms with E-state index >= 15 is 4.39 Å². The Balaban J connectivity index is 1.84. The fourth-order valence-electron chi connectivity index (χ4n) is 3.75. The maximum Gasteiger partial charge on any atom is 0.341 e. The quantitative estimate of drug-likeness (QED) is 0.570. The number of aromatic carboxylic acids is 1. The number of halogens is 2. The number of benzene rings is 2. The van der Waals surface area contributed by atoms with Gasteiger partial charge in [0.15, 0.2) is 11.6 Å². The van der Waals surface area contributed by atoms with Crippen LogP contribution in [-0.4, -0.2) is 21.7 Å². The second-order valence-electron chi connectivity index (χ2n) is 7.11. The number of pyridine rings is 1. The largest absolute Gasteiger partial charge is 0.477 e. The minimum Gasteiger partial charge on any atom is -0.477 e. The van der Waals surface area contributed by atoms with Crippen LogP contribution >= 0.6 is 0 Å². The van der Waals surface area contributed by atoms with Gasteiger partial charge in [0.1, 0.15) is 11.3 Å². The molecule has 1 aliphatic rings. The van der Waals surface area contributed by atoms with Crippen molar-refractivity contribution in [1.29, 1.82) is 0 Å². The molecule has 2 unspecified atom stereocenters. The van der Waals surface area contributed by atoms with Crippen molar-refractivity contribution in [3.63, 3.8) is 0 Å². The lowest BCUT2D eigenvalue weighted by Gasteiger charge is -2.17. The van der Waals surface area contributed by atoms with E-state index in [4.69, 9.17) is 5.73 Å². The van der Waals surface area contributed by atoms with Crippen LogP contribution in [0.2, 0.25) is 0 Å². The number of anilines is 2. The first-order valence-electron chi connectivity index (χ1n) is 9.23. The normalized spacial score (nSPS) is 18.0. The number of nitrogens with one attached hydrogen (secondary N) is 1. The number of rotatable bonds is 5. The SMILES string of the molecule is CCn1cc(C(=O)O)c(=O)c2c(N)c(F)c(NC3CC3c3ccccc3)c(F)c21. The first-order chi connectivity index (χ1) is 13.8. The summed E-state index contributed by atoms with van der Waals surface area (Å²) in [6.07, 6.45) is 1.76. The van der Waals surface area contributed by atoms with Gasteiger partial charge in [-0.3, -0.25) is 4.79 Å². The molecule has 0 saturated heterocycles. The molecular weight excluding hydrogens is 380 g/mol. The van der Waals surface area contributed by atoms with Crippen LogP contribution in [-0.2, 0) is 6.54 Å². The zero-order chi connectivity index (χ0) is 20.9. The number of nitrogen functional groups attached to an aromatic ring is 1. The van der Waals surface area contributed by atoms with Crippen molar-refractivity contribution in [3.05, 3.63) is 69.5 Å². The molecule has 2 aromatic carbocycles. The van der Waals surface area contributed by atoms with E-state index in [0.29, 0.717) is 6.42 Å². The number of aromatic nitrogens is 1. The summed E-state index contributed by atoms with van der Waals surface area (Å²) in [4.78, 5) is 23.9. The number of carbonyl (C=O) groups is 1.